The fourth-order valence-electron chi connectivity index (χ4n) is 3.24. The first-order valence-electron chi connectivity index (χ1n) is 8.56. The first-order chi connectivity index (χ1) is 11.1. The molecule has 23 heavy (non-hydrogen) atoms. The molecule has 0 spiro atoms. The molecule has 2 aliphatic heterocycles. The first-order valence-corrected chi connectivity index (χ1v) is 8.56. The van der Waals surface area contributed by atoms with Crippen LogP contribution in [0.4, 0.5) is 0 Å². The molecule has 2 N–H and O–H groups in total. The molecule has 0 unspecified atom stereocenters. The number of rotatable bonds is 8. The van der Waals surface area contributed by atoms with E-state index in [4.69, 9.17) is 0 Å². The molecule has 0 aromatic carbocycles. The average molecular weight is 325 g/mol. The van der Waals surface area contributed by atoms with Crippen LogP contribution >= 0.6 is 0 Å². The Balaban J connectivity index is 1.56. The van der Waals surface area contributed by atoms with E-state index in [-0.39, 0.29) is 43.2 Å². The van der Waals surface area contributed by atoms with E-state index in [9.17, 15) is 19.5 Å². The number of likely N-dealkylation sites (tertiary alicyclic amines) is 2. The number of nitrogens with one attached hydrogen (secondary N) is 1. The fourth-order valence-corrected chi connectivity index (χ4v) is 3.24. The summed E-state index contributed by atoms with van der Waals surface area (Å²) in [6.45, 7) is 2.70. The van der Waals surface area contributed by atoms with Crippen molar-refractivity contribution >= 4 is 17.7 Å². The van der Waals surface area contributed by atoms with E-state index in [2.05, 4.69) is 5.32 Å². The van der Waals surface area contributed by atoms with E-state index in [0.717, 1.165) is 32.2 Å². The van der Waals surface area contributed by atoms with E-state index < -0.39 is 0 Å². The third kappa shape index (κ3) is 5.20. The summed E-state index contributed by atoms with van der Waals surface area (Å²) in [7, 11) is 0. The highest BCUT2D eigenvalue weighted by Crippen LogP contribution is 2.18. The molecule has 2 heterocycles. The van der Waals surface area contributed by atoms with Gasteiger partial charge in [-0.1, -0.05) is 0 Å². The molecular weight excluding hydrogens is 298 g/mol. The number of nitrogens with zero attached hydrogens (tertiary/aromatic N) is 2. The summed E-state index contributed by atoms with van der Waals surface area (Å²) in [5, 5.41) is 12.0. The van der Waals surface area contributed by atoms with E-state index in [1.165, 1.54) is 0 Å². The van der Waals surface area contributed by atoms with Gasteiger partial charge in [-0.15, -0.1) is 0 Å². The maximum Gasteiger partial charge on any atom is 0.223 e. The number of amides is 3. The molecule has 0 radical (unpaired) electrons. The number of aliphatic hydroxyl groups is 1. The van der Waals surface area contributed by atoms with Crippen LogP contribution in [0.5, 0.6) is 0 Å². The molecule has 0 bridgehead atoms. The van der Waals surface area contributed by atoms with Crippen molar-refractivity contribution in [2.24, 2.45) is 0 Å². The van der Waals surface area contributed by atoms with Crippen molar-refractivity contribution in [3.05, 3.63) is 0 Å². The molecule has 0 saturated carbocycles. The molecule has 3 amide bonds. The number of hydrogen-bond acceptors (Lipinski definition) is 4. The SMILES string of the molecule is O=C(CCC(=O)N1CCC[C@H]1CO)NCCCN1CCCC1=O. The lowest BCUT2D eigenvalue weighted by molar-refractivity contribution is -0.135. The van der Waals surface area contributed by atoms with Gasteiger partial charge in [-0.3, -0.25) is 14.4 Å². The normalized spacial score (nSPS) is 21.1. The summed E-state index contributed by atoms with van der Waals surface area (Å²) < 4.78 is 0. The third-order valence-electron chi connectivity index (χ3n) is 4.57. The van der Waals surface area contributed by atoms with Gasteiger partial charge in [0.05, 0.1) is 12.6 Å². The summed E-state index contributed by atoms with van der Waals surface area (Å²) in [6.07, 6.45) is 4.42. The van der Waals surface area contributed by atoms with Crippen LogP contribution in [0.25, 0.3) is 0 Å². The second-order valence-corrected chi connectivity index (χ2v) is 6.25. The largest absolute Gasteiger partial charge is 0.394 e. The lowest BCUT2D eigenvalue weighted by Gasteiger charge is -2.22. The highest BCUT2D eigenvalue weighted by atomic mass is 16.3. The summed E-state index contributed by atoms with van der Waals surface area (Å²) in [5.74, 6) is 0.0104. The second-order valence-electron chi connectivity index (χ2n) is 6.25. The minimum absolute atomic E-state index is 0.00679. The Bertz CT molecular complexity index is 441. The van der Waals surface area contributed by atoms with E-state index in [0.29, 0.717) is 26.1 Å². The Morgan fingerprint density at radius 3 is 2.74 bits per heavy atom. The number of aliphatic hydroxyl groups excluding tert-OH is 1. The van der Waals surface area contributed by atoms with Gasteiger partial charge < -0.3 is 20.2 Å². The molecule has 7 nitrogen and oxygen atoms in total. The molecule has 2 fully saturated rings. The minimum atomic E-state index is -0.133. The van der Waals surface area contributed by atoms with Crippen molar-refractivity contribution in [3.8, 4) is 0 Å². The first kappa shape index (κ1) is 17.7. The highest BCUT2D eigenvalue weighted by Gasteiger charge is 2.27. The van der Waals surface area contributed by atoms with Gasteiger partial charge in [0, 0.05) is 45.4 Å². The summed E-state index contributed by atoms with van der Waals surface area (Å²) in [4.78, 5) is 38.8. The second kappa shape index (κ2) is 8.86. The zero-order valence-electron chi connectivity index (χ0n) is 13.6. The van der Waals surface area contributed by atoms with E-state index in [1.807, 2.05) is 4.90 Å². The van der Waals surface area contributed by atoms with Crippen molar-refractivity contribution in [1.29, 1.82) is 0 Å². The van der Waals surface area contributed by atoms with Gasteiger partial charge in [0.2, 0.25) is 17.7 Å². The quantitative estimate of drug-likeness (QED) is 0.609. The minimum Gasteiger partial charge on any atom is -0.394 e. The van der Waals surface area contributed by atoms with Crippen LogP contribution in [0.2, 0.25) is 0 Å². The molecule has 2 rings (SSSR count). The molecule has 7 heteroatoms. The van der Waals surface area contributed by atoms with E-state index in [1.54, 1.807) is 4.90 Å². The molecule has 1 atom stereocenters. The van der Waals surface area contributed by atoms with Gasteiger partial charge >= 0.3 is 0 Å². The molecule has 130 valence electrons. The fraction of sp³-hybridized carbons (Fsp3) is 0.812. The highest BCUT2D eigenvalue weighted by molar-refractivity contribution is 5.84. The van der Waals surface area contributed by atoms with Crippen LogP contribution < -0.4 is 5.32 Å². The van der Waals surface area contributed by atoms with Crippen molar-refractivity contribution in [2.45, 2.75) is 51.0 Å². The van der Waals surface area contributed by atoms with Gasteiger partial charge in [-0.2, -0.15) is 0 Å². The molecule has 0 aliphatic carbocycles. The third-order valence-corrected chi connectivity index (χ3v) is 4.57. The Kier molecular flexibility index (Phi) is 6.83. The zero-order chi connectivity index (χ0) is 16.7. The van der Waals surface area contributed by atoms with Crippen molar-refractivity contribution in [3.63, 3.8) is 0 Å². The predicted molar refractivity (Wildman–Crippen MR) is 84.5 cm³/mol. The van der Waals surface area contributed by atoms with Crippen LogP contribution in [-0.2, 0) is 14.4 Å². The van der Waals surface area contributed by atoms with Crippen LogP contribution in [0, 0.1) is 0 Å². The maximum atomic E-state index is 12.0. The van der Waals surface area contributed by atoms with Gasteiger partial charge in [-0.25, -0.2) is 0 Å². The molecule has 2 saturated heterocycles. The average Bonchev–Trinajstić information content (AvgIpc) is 3.18. The Morgan fingerprint density at radius 1 is 1.22 bits per heavy atom. The van der Waals surface area contributed by atoms with Crippen molar-refractivity contribution < 1.29 is 19.5 Å². The molecule has 0 aromatic heterocycles. The number of hydrogen-bond donors (Lipinski definition) is 2. The topological polar surface area (TPSA) is 89.9 Å². The molecule has 2 aliphatic rings. The van der Waals surface area contributed by atoms with Gasteiger partial charge in [0.1, 0.15) is 0 Å². The summed E-state index contributed by atoms with van der Waals surface area (Å²) in [6, 6.07) is -0.0800. The standard InChI is InChI=1S/C16H27N3O4/c20-12-13-4-1-11-19(13)16(23)7-6-14(21)17-8-3-10-18-9-2-5-15(18)22/h13,20H,1-12H2,(H,17,21)/t13-/m0/s1. The van der Waals surface area contributed by atoms with Crippen LogP contribution in [0.3, 0.4) is 0 Å². The lowest BCUT2D eigenvalue weighted by atomic mass is 10.2. The van der Waals surface area contributed by atoms with Crippen molar-refractivity contribution in [2.75, 3.05) is 32.8 Å². The smallest absolute Gasteiger partial charge is 0.223 e. The zero-order valence-corrected chi connectivity index (χ0v) is 13.6. The monoisotopic (exact) mass is 325 g/mol. The van der Waals surface area contributed by atoms with Crippen LogP contribution in [0.1, 0.15) is 44.9 Å². The Hall–Kier alpha value is -1.63. The molecular formula is C16H27N3O4. The summed E-state index contributed by atoms with van der Waals surface area (Å²) in [5.41, 5.74) is 0. The van der Waals surface area contributed by atoms with Gasteiger partial charge in [0.15, 0.2) is 0 Å². The van der Waals surface area contributed by atoms with Gasteiger partial charge in [-0.05, 0) is 25.7 Å². The number of carbonyl (C=O) groups excluding carboxylic acids is 3. The van der Waals surface area contributed by atoms with Crippen LogP contribution in [-0.4, -0.2) is 71.5 Å². The number of carbonyl (C=O) groups is 3. The predicted octanol–water partition coefficient (Wildman–Crippen LogP) is -0.121. The van der Waals surface area contributed by atoms with Crippen LogP contribution in [0.15, 0.2) is 0 Å². The Labute approximate surface area is 137 Å². The lowest BCUT2D eigenvalue weighted by Crippen LogP contribution is -2.38. The van der Waals surface area contributed by atoms with Gasteiger partial charge in [0.25, 0.3) is 0 Å². The maximum absolute atomic E-state index is 12.0. The molecule has 0 aromatic rings. The summed E-state index contributed by atoms with van der Waals surface area (Å²) >= 11 is 0. The Morgan fingerprint density at radius 2 is 2.04 bits per heavy atom. The van der Waals surface area contributed by atoms with E-state index >= 15 is 0 Å². The van der Waals surface area contributed by atoms with Crippen molar-refractivity contribution in [1.82, 2.24) is 15.1 Å².